The third-order valence-corrected chi connectivity index (χ3v) is 2.80. The summed E-state index contributed by atoms with van der Waals surface area (Å²) in [5.41, 5.74) is 0.321. The molecule has 0 aliphatic heterocycles. The van der Waals surface area contributed by atoms with E-state index in [0.717, 1.165) is 0 Å². The Morgan fingerprint density at radius 2 is 1.82 bits per heavy atom. The highest BCUT2D eigenvalue weighted by molar-refractivity contribution is 6.43. The molecule has 2 amide bonds. The molecule has 17 heavy (non-hydrogen) atoms. The predicted octanol–water partition coefficient (Wildman–Crippen LogP) is 1.86. The fourth-order valence-electron chi connectivity index (χ4n) is 1.19. The molecule has 4 nitrogen and oxygen atoms in total. The van der Waals surface area contributed by atoms with Gasteiger partial charge >= 0.3 is 0 Å². The maximum Gasteiger partial charge on any atom is 0.252 e. The second-order valence-electron chi connectivity index (χ2n) is 3.34. The fourth-order valence-corrected chi connectivity index (χ4v) is 1.58. The molecule has 0 unspecified atom stereocenters. The lowest BCUT2D eigenvalue weighted by atomic mass is 10.2. The molecule has 0 aliphatic rings. The number of halogens is 2. The quantitative estimate of drug-likeness (QED) is 0.824. The average molecular weight is 275 g/mol. The van der Waals surface area contributed by atoms with Crippen molar-refractivity contribution in [1.29, 1.82) is 0 Å². The first kappa shape index (κ1) is 13.8. The van der Waals surface area contributed by atoms with Gasteiger partial charge in [-0.1, -0.05) is 29.3 Å². The van der Waals surface area contributed by atoms with Crippen molar-refractivity contribution < 1.29 is 9.59 Å². The van der Waals surface area contributed by atoms with Crippen LogP contribution in [0, 0.1) is 0 Å². The van der Waals surface area contributed by atoms with Crippen LogP contribution < -0.4 is 10.6 Å². The zero-order chi connectivity index (χ0) is 12.8. The Kier molecular flexibility index (Phi) is 5.25. The topological polar surface area (TPSA) is 58.2 Å². The lowest BCUT2D eigenvalue weighted by Crippen LogP contribution is -2.33. The van der Waals surface area contributed by atoms with Gasteiger partial charge in [-0.15, -0.1) is 0 Å². The maximum atomic E-state index is 11.7. The van der Waals surface area contributed by atoms with E-state index in [0.29, 0.717) is 23.7 Å². The van der Waals surface area contributed by atoms with Gasteiger partial charge < -0.3 is 10.6 Å². The summed E-state index contributed by atoms with van der Waals surface area (Å²) in [6.07, 6.45) is 0. The Bertz CT molecular complexity index is 435. The molecule has 2 N–H and O–H groups in total. The summed E-state index contributed by atoms with van der Waals surface area (Å²) in [6, 6.07) is 4.84. The molecular weight excluding hydrogens is 263 g/mol. The Morgan fingerprint density at radius 3 is 2.47 bits per heavy atom. The first-order valence-electron chi connectivity index (χ1n) is 4.99. The Morgan fingerprint density at radius 1 is 1.18 bits per heavy atom. The Labute approximate surface area is 109 Å². The van der Waals surface area contributed by atoms with Crippen LogP contribution in [0.15, 0.2) is 18.2 Å². The molecule has 0 spiro atoms. The number of carbonyl (C=O) groups is 2. The number of rotatable bonds is 4. The van der Waals surface area contributed by atoms with Gasteiger partial charge in [0.2, 0.25) is 5.91 Å². The number of benzene rings is 1. The maximum absolute atomic E-state index is 11.7. The first-order chi connectivity index (χ1) is 8.02. The van der Waals surface area contributed by atoms with E-state index >= 15 is 0 Å². The highest BCUT2D eigenvalue weighted by Crippen LogP contribution is 2.25. The van der Waals surface area contributed by atoms with Crippen LogP contribution in [0.1, 0.15) is 17.3 Å². The number of hydrogen-bond donors (Lipinski definition) is 2. The zero-order valence-electron chi connectivity index (χ0n) is 9.22. The van der Waals surface area contributed by atoms with E-state index in [2.05, 4.69) is 10.6 Å². The monoisotopic (exact) mass is 274 g/mol. The summed E-state index contributed by atoms with van der Waals surface area (Å²) in [4.78, 5) is 22.3. The molecule has 0 aliphatic carbocycles. The van der Waals surface area contributed by atoms with Gasteiger partial charge in [-0.05, 0) is 12.1 Å². The molecular formula is C11H12Cl2N2O2. The molecule has 0 heterocycles. The van der Waals surface area contributed by atoms with Crippen molar-refractivity contribution in [3.05, 3.63) is 33.8 Å². The van der Waals surface area contributed by atoms with E-state index in [1.54, 1.807) is 18.2 Å². The van der Waals surface area contributed by atoms with Gasteiger partial charge in [0.05, 0.1) is 15.6 Å². The molecule has 0 fully saturated rings. The van der Waals surface area contributed by atoms with Crippen LogP contribution in [-0.2, 0) is 4.79 Å². The minimum Gasteiger partial charge on any atom is -0.355 e. The Hall–Kier alpha value is -1.26. The van der Waals surface area contributed by atoms with Crippen LogP contribution in [0.3, 0.4) is 0 Å². The number of hydrogen-bond acceptors (Lipinski definition) is 2. The average Bonchev–Trinajstić information content (AvgIpc) is 2.27. The Balaban J connectivity index is 2.53. The molecule has 6 heteroatoms. The molecule has 0 saturated heterocycles. The van der Waals surface area contributed by atoms with Gasteiger partial charge in [0.25, 0.3) is 5.91 Å². The fraction of sp³-hybridized carbons (Fsp3) is 0.273. The van der Waals surface area contributed by atoms with Gasteiger partial charge in [0, 0.05) is 20.0 Å². The van der Waals surface area contributed by atoms with Crippen LogP contribution in [0.2, 0.25) is 10.0 Å². The lowest BCUT2D eigenvalue weighted by molar-refractivity contribution is -0.118. The van der Waals surface area contributed by atoms with E-state index in [9.17, 15) is 9.59 Å². The van der Waals surface area contributed by atoms with Crippen LogP contribution in [-0.4, -0.2) is 24.9 Å². The van der Waals surface area contributed by atoms with E-state index in [1.807, 2.05) is 0 Å². The van der Waals surface area contributed by atoms with Crippen molar-refractivity contribution in [2.45, 2.75) is 6.92 Å². The summed E-state index contributed by atoms with van der Waals surface area (Å²) in [7, 11) is 0. The van der Waals surface area contributed by atoms with E-state index < -0.39 is 0 Å². The van der Waals surface area contributed by atoms with Crippen molar-refractivity contribution in [2.75, 3.05) is 13.1 Å². The highest BCUT2D eigenvalue weighted by Gasteiger charge is 2.11. The van der Waals surface area contributed by atoms with E-state index in [-0.39, 0.29) is 16.8 Å². The minimum absolute atomic E-state index is 0.139. The molecule has 1 rings (SSSR count). The van der Waals surface area contributed by atoms with Crippen molar-refractivity contribution in [1.82, 2.24) is 10.6 Å². The van der Waals surface area contributed by atoms with Crippen LogP contribution in [0.5, 0.6) is 0 Å². The SMILES string of the molecule is CC(=O)NCCNC(=O)c1cccc(Cl)c1Cl. The number of carbonyl (C=O) groups excluding carboxylic acids is 2. The molecule has 1 aromatic rings. The lowest BCUT2D eigenvalue weighted by Gasteiger charge is -2.07. The third-order valence-electron chi connectivity index (χ3n) is 1.98. The molecule has 92 valence electrons. The molecule has 1 aromatic carbocycles. The second kappa shape index (κ2) is 6.47. The highest BCUT2D eigenvalue weighted by atomic mass is 35.5. The molecule has 0 saturated carbocycles. The van der Waals surface area contributed by atoms with Crippen molar-refractivity contribution >= 4 is 35.0 Å². The van der Waals surface area contributed by atoms with Crippen LogP contribution in [0.4, 0.5) is 0 Å². The van der Waals surface area contributed by atoms with Gasteiger partial charge in [-0.3, -0.25) is 9.59 Å². The van der Waals surface area contributed by atoms with Crippen LogP contribution in [0.25, 0.3) is 0 Å². The van der Waals surface area contributed by atoms with Crippen LogP contribution >= 0.6 is 23.2 Å². The molecule has 0 aromatic heterocycles. The molecule has 0 bridgehead atoms. The summed E-state index contributed by atoms with van der Waals surface area (Å²) in [5, 5.41) is 5.75. The smallest absolute Gasteiger partial charge is 0.252 e. The van der Waals surface area contributed by atoms with Crippen molar-refractivity contribution in [3.8, 4) is 0 Å². The van der Waals surface area contributed by atoms with Gasteiger partial charge in [0.15, 0.2) is 0 Å². The summed E-state index contributed by atoms with van der Waals surface area (Å²) in [5.74, 6) is -0.456. The normalized spacial score (nSPS) is 9.82. The second-order valence-corrected chi connectivity index (χ2v) is 4.13. The van der Waals surface area contributed by atoms with E-state index in [1.165, 1.54) is 6.92 Å². The van der Waals surface area contributed by atoms with E-state index in [4.69, 9.17) is 23.2 Å². The first-order valence-corrected chi connectivity index (χ1v) is 5.74. The summed E-state index contributed by atoms with van der Waals surface area (Å²) >= 11 is 11.7. The predicted molar refractivity (Wildman–Crippen MR) is 67.5 cm³/mol. The minimum atomic E-state index is -0.317. The van der Waals surface area contributed by atoms with Gasteiger partial charge in [0.1, 0.15) is 0 Å². The standard InChI is InChI=1S/C11H12Cl2N2O2/c1-7(16)14-5-6-15-11(17)8-3-2-4-9(12)10(8)13/h2-4H,5-6H2,1H3,(H,14,16)(H,15,17). The summed E-state index contributed by atoms with van der Waals surface area (Å²) in [6.45, 7) is 2.12. The van der Waals surface area contributed by atoms with Crippen molar-refractivity contribution in [3.63, 3.8) is 0 Å². The molecule has 0 atom stereocenters. The van der Waals surface area contributed by atoms with Gasteiger partial charge in [-0.2, -0.15) is 0 Å². The number of nitrogens with one attached hydrogen (secondary N) is 2. The molecule has 0 radical (unpaired) electrons. The largest absolute Gasteiger partial charge is 0.355 e. The zero-order valence-corrected chi connectivity index (χ0v) is 10.7. The number of amides is 2. The van der Waals surface area contributed by atoms with Crippen molar-refractivity contribution in [2.24, 2.45) is 0 Å². The summed E-state index contributed by atoms with van der Waals surface area (Å²) < 4.78 is 0. The third kappa shape index (κ3) is 4.24. The van der Waals surface area contributed by atoms with Gasteiger partial charge in [-0.25, -0.2) is 0 Å².